The highest BCUT2D eigenvalue weighted by Gasteiger charge is 2.28. The lowest BCUT2D eigenvalue weighted by molar-refractivity contribution is 0.0678. The molecular weight excluding hydrogens is 428 g/mol. The Balaban J connectivity index is 1.35. The van der Waals surface area contributed by atoms with Gasteiger partial charge in [-0.15, -0.1) is 0 Å². The van der Waals surface area contributed by atoms with Crippen molar-refractivity contribution in [1.82, 2.24) is 9.21 Å². The third kappa shape index (κ3) is 5.31. The molecule has 0 aromatic heterocycles. The van der Waals surface area contributed by atoms with Crippen LogP contribution in [0.2, 0.25) is 0 Å². The van der Waals surface area contributed by atoms with Crippen molar-refractivity contribution >= 4 is 15.9 Å². The van der Waals surface area contributed by atoms with Crippen molar-refractivity contribution in [3.8, 4) is 5.75 Å². The molecule has 2 aromatic rings. The molecule has 2 aromatic carbocycles. The minimum atomic E-state index is -3.57. The highest BCUT2D eigenvalue weighted by molar-refractivity contribution is 7.89. The second kappa shape index (κ2) is 10.0. The van der Waals surface area contributed by atoms with E-state index in [0.717, 1.165) is 25.0 Å². The second-order valence-corrected chi connectivity index (χ2v) is 10.3. The van der Waals surface area contributed by atoms with E-state index in [2.05, 4.69) is 0 Å². The van der Waals surface area contributed by atoms with Crippen molar-refractivity contribution in [2.45, 2.75) is 37.2 Å². The van der Waals surface area contributed by atoms with Crippen molar-refractivity contribution in [1.29, 1.82) is 0 Å². The lowest BCUT2D eigenvalue weighted by atomic mass is 10.2. The van der Waals surface area contributed by atoms with Gasteiger partial charge in [0.1, 0.15) is 12.4 Å². The molecule has 0 saturated carbocycles. The van der Waals surface area contributed by atoms with E-state index < -0.39 is 10.0 Å². The lowest BCUT2D eigenvalue weighted by Crippen LogP contribution is -2.37. The van der Waals surface area contributed by atoms with E-state index in [-0.39, 0.29) is 18.6 Å². The van der Waals surface area contributed by atoms with E-state index in [9.17, 15) is 13.2 Å². The number of hydrogen-bond donors (Lipinski definition) is 0. The molecule has 2 aliphatic rings. The van der Waals surface area contributed by atoms with Crippen LogP contribution in [0.4, 0.5) is 0 Å². The lowest BCUT2D eigenvalue weighted by Gasteiger charge is -2.22. The SMILES string of the molecule is Cc1ccc(S(=O)(=O)N2CCCN(C(=O)c3ccc(OCC4CCCO4)cc3)CC2)cc1. The van der Waals surface area contributed by atoms with Crippen molar-refractivity contribution in [3.63, 3.8) is 0 Å². The second-order valence-electron chi connectivity index (χ2n) is 8.33. The van der Waals surface area contributed by atoms with Crippen molar-refractivity contribution in [3.05, 3.63) is 59.7 Å². The van der Waals surface area contributed by atoms with Gasteiger partial charge in [0.15, 0.2) is 0 Å². The molecule has 0 radical (unpaired) electrons. The van der Waals surface area contributed by atoms with Crippen LogP contribution in [-0.4, -0.2) is 69.0 Å². The molecule has 2 fully saturated rings. The normalized spacial score (nSPS) is 20.2. The summed E-state index contributed by atoms with van der Waals surface area (Å²) in [4.78, 5) is 15.0. The maximum absolute atomic E-state index is 13.0. The molecule has 1 atom stereocenters. The summed E-state index contributed by atoms with van der Waals surface area (Å²) in [5, 5.41) is 0. The fourth-order valence-electron chi connectivity index (χ4n) is 4.04. The van der Waals surface area contributed by atoms with Gasteiger partial charge in [-0.3, -0.25) is 4.79 Å². The minimum Gasteiger partial charge on any atom is -0.491 e. The summed E-state index contributed by atoms with van der Waals surface area (Å²) in [5.41, 5.74) is 1.59. The number of carbonyl (C=O) groups excluding carboxylic acids is 1. The summed E-state index contributed by atoms with van der Waals surface area (Å²) in [6, 6.07) is 14.0. The number of benzene rings is 2. The van der Waals surface area contributed by atoms with E-state index in [4.69, 9.17) is 9.47 Å². The Morgan fingerprint density at radius 3 is 2.44 bits per heavy atom. The number of aryl methyl sites for hydroxylation is 1. The first kappa shape index (κ1) is 22.8. The Hall–Kier alpha value is -2.42. The summed E-state index contributed by atoms with van der Waals surface area (Å²) in [6.45, 7) is 4.80. The molecule has 8 heteroatoms. The summed E-state index contributed by atoms with van der Waals surface area (Å²) in [7, 11) is -3.57. The van der Waals surface area contributed by atoms with Gasteiger partial charge in [0, 0.05) is 38.3 Å². The van der Waals surface area contributed by atoms with Gasteiger partial charge in [0.2, 0.25) is 10.0 Å². The number of hydrogen-bond acceptors (Lipinski definition) is 5. The van der Waals surface area contributed by atoms with E-state index in [1.165, 1.54) is 4.31 Å². The van der Waals surface area contributed by atoms with Crippen LogP contribution in [0, 0.1) is 6.92 Å². The van der Waals surface area contributed by atoms with Crippen molar-refractivity contribution in [2.75, 3.05) is 39.4 Å². The van der Waals surface area contributed by atoms with Crippen LogP contribution >= 0.6 is 0 Å². The molecule has 1 unspecified atom stereocenters. The molecule has 7 nitrogen and oxygen atoms in total. The van der Waals surface area contributed by atoms with Gasteiger partial charge in [-0.25, -0.2) is 8.42 Å². The summed E-state index contributed by atoms with van der Waals surface area (Å²) in [6.07, 6.45) is 2.83. The zero-order chi connectivity index (χ0) is 22.6. The predicted molar refractivity (Wildman–Crippen MR) is 121 cm³/mol. The summed E-state index contributed by atoms with van der Waals surface area (Å²) >= 11 is 0. The van der Waals surface area contributed by atoms with Crippen LogP contribution in [0.3, 0.4) is 0 Å². The van der Waals surface area contributed by atoms with E-state index in [1.807, 2.05) is 6.92 Å². The molecule has 172 valence electrons. The quantitative estimate of drug-likeness (QED) is 0.665. The number of nitrogens with zero attached hydrogens (tertiary/aromatic N) is 2. The van der Waals surface area contributed by atoms with Crippen LogP contribution < -0.4 is 4.74 Å². The minimum absolute atomic E-state index is 0.0924. The Morgan fingerprint density at radius 1 is 1.00 bits per heavy atom. The van der Waals surface area contributed by atoms with Gasteiger partial charge in [-0.1, -0.05) is 17.7 Å². The Morgan fingerprint density at radius 2 is 1.75 bits per heavy atom. The summed E-state index contributed by atoms with van der Waals surface area (Å²) < 4.78 is 38.8. The van der Waals surface area contributed by atoms with Crippen molar-refractivity contribution in [2.24, 2.45) is 0 Å². The van der Waals surface area contributed by atoms with Gasteiger partial charge in [-0.2, -0.15) is 4.31 Å². The molecule has 0 N–H and O–H groups in total. The smallest absolute Gasteiger partial charge is 0.253 e. The zero-order valence-electron chi connectivity index (χ0n) is 18.4. The topological polar surface area (TPSA) is 76.2 Å². The van der Waals surface area contributed by atoms with Gasteiger partial charge >= 0.3 is 0 Å². The maximum Gasteiger partial charge on any atom is 0.253 e. The molecule has 2 heterocycles. The first-order valence-corrected chi connectivity index (χ1v) is 12.6. The third-order valence-electron chi connectivity index (χ3n) is 5.96. The van der Waals surface area contributed by atoms with E-state index in [1.54, 1.807) is 53.4 Å². The highest BCUT2D eigenvalue weighted by Crippen LogP contribution is 2.20. The van der Waals surface area contributed by atoms with Crippen LogP contribution in [-0.2, 0) is 14.8 Å². The number of amides is 1. The number of rotatable bonds is 6. The molecule has 0 aliphatic carbocycles. The van der Waals surface area contributed by atoms with Gasteiger partial charge < -0.3 is 14.4 Å². The number of ether oxygens (including phenoxy) is 2. The summed E-state index contributed by atoms with van der Waals surface area (Å²) in [5.74, 6) is 0.619. The largest absolute Gasteiger partial charge is 0.491 e. The molecule has 2 aliphatic heterocycles. The first-order chi connectivity index (χ1) is 15.4. The first-order valence-electron chi connectivity index (χ1n) is 11.1. The Labute approximate surface area is 190 Å². The molecule has 2 saturated heterocycles. The Kier molecular flexibility index (Phi) is 7.13. The monoisotopic (exact) mass is 458 g/mol. The number of carbonyl (C=O) groups is 1. The highest BCUT2D eigenvalue weighted by atomic mass is 32.2. The van der Waals surface area contributed by atoms with Crippen LogP contribution in [0.25, 0.3) is 0 Å². The zero-order valence-corrected chi connectivity index (χ0v) is 19.2. The average Bonchev–Trinajstić information content (AvgIpc) is 3.20. The van der Waals surface area contributed by atoms with Gasteiger partial charge in [0.05, 0.1) is 11.0 Å². The molecule has 1 amide bonds. The predicted octanol–water partition coefficient (Wildman–Crippen LogP) is 3.09. The van der Waals surface area contributed by atoms with Crippen molar-refractivity contribution < 1.29 is 22.7 Å². The molecule has 0 bridgehead atoms. The van der Waals surface area contributed by atoms with Gasteiger partial charge in [0.25, 0.3) is 5.91 Å². The third-order valence-corrected chi connectivity index (χ3v) is 7.87. The average molecular weight is 459 g/mol. The number of sulfonamides is 1. The fourth-order valence-corrected chi connectivity index (χ4v) is 5.51. The molecule has 0 spiro atoms. The van der Waals surface area contributed by atoms with Crippen LogP contribution in [0.1, 0.15) is 35.2 Å². The van der Waals surface area contributed by atoms with Crippen LogP contribution in [0.5, 0.6) is 5.75 Å². The standard InChI is InChI=1S/C24H30N2O5S/c1-19-5-11-23(12-6-19)32(28,29)26-14-3-13-25(15-16-26)24(27)20-7-9-21(10-8-20)31-18-22-4-2-17-30-22/h5-12,22H,2-4,13-18H2,1H3. The molecule has 4 rings (SSSR count). The van der Waals surface area contributed by atoms with E-state index in [0.29, 0.717) is 48.9 Å². The van der Waals surface area contributed by atoms with Gasteiger partial charge in [-0.05, 0) is 62.6 Å². The molecule has 32 heavy (non-hydrogen) atoms. The fraction of sp³-hybridized carbons (Fsp3) is 0.458. The van der Waals surface area contributed by atoms with Crippen LogP contribution in [0.15, 0.2) is 53.4 Å². The van der Waals surface area contributed by atoms with E-state index >= 15 is 0 Å². The Bertz CT molecular complexity index is 1020. The molecular formula is C24H30N2O5S. The maximum atomic E-state index is 13.0.